The first-order chi connectivity index (χ1) is 6.74. The molecule has 7 nitrogen and oxygen atoms in total. The van der Waals surface area contributed by atoms with Crippen molar-refractivity contribution in [3.8, 4) is 18.8 Å². The van der Waals surface area contributed by atoms with E-state index in [9.17, 15) is 0 Å². The van der Waals surface area contributed by atoms with Crippen molar-refractivity contribution in [2.75, 3.05) is 13.2 Å². The fourth-order valence-electron chi connectivity index (χ4n) is 0.587. The first-order valence-electron chi connectivity index (χ1n) is 3.53. The fourth-order valence-corrected chi connectivity index (χ4v) is 0.587. The Bertz CT molecular complexity index is 244. The number of hydrogen-bond acceptors (Lipinski definition) is 7. The summed E-state index contributed by atoms with van der Waals surface area (Å²) >= 11 is 0. The maximum Gasteiger partial charge on any atom is 0.470 e. The van der Waals surface area contributed by atoms with Gasteiger partial charge in [-0.05, 0) is 6.92 Å². The van der Waals surface area contributed by atoms with E-state index in [0.29, 0.717) is 6.61 Å². The molecule has 0 radical (unpaired) electrons. The Morgan fingerprint density at radius 3 is 1.71 bits per heavy atom. The molecular formula is C7H7N3O4. The normalized spacial score (nSPS) is 9.00. The lowest BCUT2D eigenvalue weighted by molar-refractivity contribution is -0.322. The zero-order valence-corrected chi connectivity index (χ0v) is 7.39. The van der Waals surface area contributed by atoms with E-state index in [-0.39, 0.29) is 6.61 Å². The van der Waals surface area contributed by atoms with E-state index in [0.717, 1.165) is 0 Å². The van der Waals surface area contributed by atoms with E-state index in [4.69, 9.17) is 20.5 Å². The lowest BCUT2D eigenvalue weighted by atomic mass is 10.6. The minimum absolute atomic E-state index is 0.292. The van der Waals surface area contributed by atoms with E-state index in [1.807, 2.05) is 0 Å². The standard InChI is InChI=1S/C7H7N3O4/c1-2-11-3-7(12-4-8,13-5-9)14-6-10/h2-3H2,1H3. The van der Waals surface area contributed by atoms with E-state index < -0.39 is 5.97 Å². The summed E-state index contributed by atoms with van der Waals surface area (Å²) in [7, 11) is 0. The van der Waals surface area contributed by atoms with Crippen molar-refractivity contribution >= 4 is 0 Å². The number of nitriles is 3. The Morgan fingerprint density at radius 1 is 1.00 bits per heavy atom. The molecule has 0 rings (SSSR count). The maximum absolute atomic E-state index is 8.25. The van der Waals surface area contributed by atoms with E-state index in [1.54, 1.807) is 6.92 Å². The summed E-state index contributed by atoms with van der Waals surface area (Å²) in [5.41, 5.74) is 0. The molecule has 0 aromatic heterocycles. The molecule has 7 heteroatoms. The molecule has 0 aliphatic carbocycles. The van der Waals surface area contributed by atoms with Gasteiger partial charge in [-0.2, -0.15) is 15.8 Å². The Balaban J connectivity index is 4.51. The van der Waals surface area contributed by atoms with Crippen LogP contribution in [0.4, 0.5) is 0 Å². The van der Waals surface area contributed by atoms with Crippen LogP contribution in [-0.2, 0) is 18.9 Å². The smallest absolute Gasteiger partial charge is 0.369 e. The Hall–Kier alpha value is -2.17. The molecule has 0 saturated heterocycles. The lowest BCUT2D eigenvalue weighted by Gasteiger charge is -2.22. The van der Waals surface area contributed by atoms with Crippen molar-refractivity contribution in [2.45, 2.75) is 12.9 Å². The molecule has 0 aromatic rings. The van der Waals surface area contributed by atoms with Crippen LogP contribution in [0.5, 0.6) is 0 Å². The zero-order chi connectivity index (χ0) is 10.9. The van der Waals surface area contributed by atoms with E-state index >= 15 is 0 Å². The third kappa shape index (κ3) is 3.48. The first kappa shape index (κ1) is 11.8. The third-order valence-corrected chi connectivity index (χ3v) is 1.09. The topological polar surface area (TPSA) is 108 Å². The van der Waals surface area contributed by atoms with Crippen LogP contribution in [0.2, 0.25) is 0 Å². The predicted molar refractivity (Wildman–Crippen MR) is 39.3 cm³/mol. The van der Waals surface area contributed by atoms with Crippen molar-refractivity contribution in [1.29, 1.82) is 15.8 Å². The molecule has 0 aromatic carbocycles. The largest absolute Gasteiger partial charge is 0.470 e. The number of hydrogen-bond donors (Lipinski definition) is 0. The van der Waals surface area contributed by atoms with Gasteiger partial charge in [-0.3, -0.25) is 0 Å². The molecule has 0 aliphatic heterocycles. The van der Waals surface area contributed by atoms with Gasteiger partial charge in [0.2, 0.25) is 0 Å². The van der Waals surface area contributed by atoms with Crippen LogP contribution in [0, 0.1) is 34.6 Å². The Morgan fingerprint density at radius 2 is 1.43 bits per heavy atom. The van der Waals surface area contributed by atoms with E-state index in [1.165, 1.54) is 18.8 Å². The third-order valence-electron chi connectivity index (χ3n) is 1.09. The van der Waals surface area contributed by atoms with Gasteiger partial charge in [0.1, 0.15) is 0 Å². The summed E-state index contributed by atoms with van der Waals surface area (Å²) in [6.45, 7) is 1.61. The molecule has 0 fully saturated rings. The molecular weight excluding hydrogens is 190 g/mol. The molecule has 0 atom stereocenters. The molecule has 0 bridgehead atoms. The quantitative estimate of drug-likeness (QED) is 0.441. The predicted octanol–water partition coefficient (Wildman–Crippen LogP) is 0.170. The second-order valence-electron chi connectivity index (χ2n) is 1.90. The van der Waals surface area contributed by atoms with Gasteiger partial charge in [0.15, 0.2) is 6.61 Å². The van der Waals surface area contributed by atoms with Crippen LogP contribution < -0.4 is 0 Å². The highest BCUT2D eigenvalue weighted by atomic mass is 16.9. The van der Waals surface area contributed by atoms with Crippen LogP contribution in [0.3, 0.4) is 0 Å². The molecule has 74 valence electrons. The molecule has 0 saturated carbocycles. The fraction of sp³-hybridized carbons (Fsp3) is 0.571. The average molecular weight is 197 g/mol. The minimum atomic E-state index is -2.10. The van der Waals surface area contributed by atoms with Crippen molar-refractivity contribution in [3.05, 3.63) is 0 Å². The SMILES string of the molecule is CCOCC(OC#N)(OC#N)OC#N. The maximum atomic E-state index is 8.25. The summed E-state index contributed by atoms with van der Waals surface area (Å²) in [6, 6.07) is 0. The number of ether oxygens (including phenoxy) is 4. The van der Waals surface area contributed by atoms with Crippen molar-refractivity contribution in [2.24, 2.45) is 0 Å². The molecule has 0 spiro atoms. The summed E-state index contributed by atoms with van der Waals surface area (Å²) in [6.07, 6.45) is 3.76. The molecule has 0 heterocycles. The zero-order valence-electron chi connectivity index (χ0n) is 7.39. The van der Waals surface area contributed by atoms with Crippen LogP contribution >= 0.6 is 0 Å². The van der Waals surface area contributed by atoms with Crippen molar-refractivity contribution in [1.82, 2.24) is 0 Å². The van der Waals surface area contributed by atoms with Gasteiger partial charge in [-0.15, -0.1) is 0 Å². The van der Waals surface area contributed by atoms with Gasteiger partial charge in [-0.25, -0.2) is 0 Å². The summed E-state index contributed by atoms with van der Waals surface area (Å²) in [4.78, 5) is 0. The minimum Gasteiger partial charge on any atom is -0.369 e. The molecule has 0 amide bonds. The Labute approximate surface area is 80.6 Å². The van der Waals surface area contributed by atoms with Crippen LogP contribution in [0.1, 0.15) is 6.92 Å². The van der Waals surface area contributed by atoms with Crippen LogP contribution in [0.15, 0.2) is 0 Å². The number of nitrogens with zero attached hydrogens (tertiary/aromatic N) is 3. The van der Waals surface area contributed by atoms with Crippen molar-refractivity contribution < 1.29 is 18.9 Å². The number of rotatable bonds is 6. The highest BCUT2D eigenvalue weighted by molar-refractivity contribution is 4.71. The average Bonchev–Trinajstić information content (AvgIpc) is 2.16. The van der Waals surface area contributed by atoms with Gasteiger partial charge in [0, 0.05) is 6.61 Å². The second-order valence-corrected chi connectivity index (χ2v) is 1.90. The van der Waals surface area contributed by atoms with E-state index in [2.05, 4.69) is 14.2 Å². The van der Waals surface area contributed by atoms with Gasteiger partial charge >= 0.3 is 5.97 Å². The molecule has 14 heavy (non-hydrogen) atoms. The van der Waals surface area contributed by atoms with Crippen LogP contribution in [0.25, 0.3) is 0 Å². The molecule has 0 aliphatic rings. The lowest BCUT2D eigenvalue weighted by Crippen LogP contribution is -2.40. The van der Waals surface area contributed by atoms with Crippen LogP contribution in [-0.4, -0.2) is 19.2 Å². The monoisotopic (exact) mass is 197 g/mol. The van der Waals surface area contributed by atoms with Gasteiger partial charge < -0.3 is 18.9 Å². The van der Waals surface area contributed by atoms with Gasteiger partial charge in [0.05, 0.1) is 0 Å². The molecule has 0 N–H and O–H groups in total. The highest BCUT2D eigenvalue weighted by Crippen LogP contribution is 2.14. The Kier molecular flexibility index (Phi) is 5.37. The summed E-state index contributed by atoms with van der Waals surface area (Å²) < 4.78 is 17.7. The molecule has 0 unspecified atom stereocenters. The highest BCUT2D eigenvalue weighted by Gasteiger charge is 2.39. The second kappa shape index (κ2) is 6.36. The van der Waals surface area contributed by atoms with Gasteiger partial charge in [-0.1, -0.05) is 0 Å². The summed E-state index contributed by atoms with van der Waals surface area (Å²) in [5.74, 6) is -2.10. The van der Waals surface area contributed by atoms with Gasteiger partial charge in [0.25, 0.3) is 18.8 Å². The first-order valence-corrected chi connectivity index (χ1v) is 3.53. The van der Waals surface area contributed by atoms with Crippen molar-refractivity contribution in [3.63, 3.8) is 0 Å². The summed E-state index contributed by atoms with van der Waals surface area (Å²) in [5, 5.41) is 24.7.